The Morgan fingerprint density at radius 2 is 1.85 bits per heavy atom. The highest BCUT2D eigenvalue weighted by Crippen LogP contribution is 1.97. The zero-order valence-electron chi connectivity index (χ0n) is 10.7. The van der Waals surface area contributed by atoms with Crippen molar-refractivity contribution in [3.63, 3.8) is 0 Å². The van der Waals surface area contributed by atoms with Crippen molar-refractivity contribution in [2.75, 3.05) is 12.3 Å². The number of primary sulfonamides is 1. The second-order valence-electron chi connectivity index (χ2n) is 4.02. The fourth-order valence-corrected chi connectivity index (χ4v) is 1.78. The first-order valence-electron chi connectivity index (χ1n) is 5.68. The lowest BCUT2D eigenvalue weighted by Crippen LogP contribution is -2.46. The van der Waals surface area contributed by atoms with Crippen LogP contribution >= 0.6 is 0 Å². The molecule has 0 saturated carbocycles. The summed E-state index contributed by atoms with van der Waals surface area (Å²) in [7, 11) is -3.59. The summed E-state index contributed by atoms with van der Waals surface area (Å²) < 4.78 is 21.2. The van der Waals surface area contributed by atoms with Crippen molar-refractivity contribution in [2.45, 2.75) is 25.3 Å². The van der Waals surface area contributed by atoms with Gasteiger partial charge in [0.05, 0.1) is 5.75 Å². The molecule has 1 atom stereocenters. The fraction of sp³-hybridized carbons (Fsp3) is 0.667. The van der Waals surface area contributed by atoms with Gasteiger partial charge in [0.1, 0.15) is 6.04 Å². The smallest absolute Gasteiger partial charge is 0.326 e. The highest BCUT2D eigenvalue weighted by Gasteiger charge is 2.20. The molecule has 0 rings (SSSR count). The summed E-state index contributed by atoms with van der Waals surface area (Å²) in [5, 5.41) is 18.0. The van der Waals surface area contributed by atoms with Crippen LogP contribution in [0.2, 0.25) is 0 Å². The second-order valence-corrected chi connectivity index (χ2v) is 5.75. The molecule has 0 aliphatic heterocycles. The predicted molar refractivity (Wildman–Crippen MR) is 69.0 cm³/mol. The first-order chi connectivity index (χ1) is 9.11. The van der Waals surface area contributed by atoms with Crippen LogP contribution in [0.5, 0.6) is 0 Å². The number of nitrogens with two attached hydrogens (primary N) is 2. The van der Waals surface area contributed by atoms with E-state index < -0.39 is 34.0 Å². The third-order valence-corrected chi connectivity index (χ3v) is 3.03. The summed E-state index contributed by atoms with van der Waals surface area (Å²) in [5.41, 5.74) is 4.88. The largest absolute Gasteiger partial charge is 0.480 e. The number of carboxylic acids is 1. The zero-order valence-corrected chi connectivity index (χ0v) is 11.5. The van der Waals surface area contributed by atoms with Crippen LogP contribution in [-0.4, -0.2) is 49.8 Å². The number of nitrogens with one attached hydrogen (secondary N) is 2. The minimum absolute atomic E-state index is 0.0183. The molecule has 0 aromatic carbocycles. The maximum Gasteiger partial charge on any atom is 0.326 e. The average Bonchev–Trinajstić information content (AvgIpc) is 2.28. The molecule has 0 radical (unpaired) electrons. The molecule has 0 aromatic heterocycles. The molecule has 0 spiro atoms. The molecule has 20 heavy (non-hydrogen) atoms. The monoisotopic (exact) mass is 310 g/mol. The number of carbonyl (C=O) groups is 3. The fourth-order valence-electron chi connectivity index (χ4n) is 1.23. The van der Waals surface area contributed by atoms with Crippen molar-refractivity contribution in [1.82, 2.24) is 10.6 Å². The minimum atomic E-state index is -3.59. The third-order valence-electron chi connectivity index (χ3n) is 2.17. The Balaban J connectivity index is 4.07. The van der Waals surface area contributed by atoms with E-state index in [1.54, 1.807) is 0 Å². The van der Waals surface area contributed by atoms with Crippen LogP contribution in [0.1, 0.15) is 19.3 Å². The molecule has 0 aromatic rings. The van der Waals surface area contributed by atoms with E-state index in [1.807, 2.05) is 0 Å². The van der Waals surface area contributed by atoms with Crippen molar-refractivity contribution < 1.29 is 27.9 Å². The highest BCUT2D eigenvalue weighted by molar-refractivity contribution is 7.89. The molecule has 116 valence electrons. The van der Waals surface area contributed by atoms with Crippen LogP contribution in [0, 0.1) is 0 Å². The van der Waals surface area contributed by atoms with Crippen LogP contribution in [0.15, 0.2) is 0 Å². The maximum atomic E-state index is 11.3. The van der Waals surface area contributed by atoms with E-state index in [0.29, 0.717) is 0 Å². The van der Waals surface area contributed by atoms with E-state index in [4.69, 9.17) is 16.0 Å². The lowest BCUT2D eigenvalue weighted by atomic mass is 10.1. The van der Waals surface area contributed by atoms with Gasteiger partial charge in [-0.1, -0.05) is 0 Å². The van der Waals surface area contributed by atoms with Gasteiger partial charge >= 0.3 is 12.0 Å². The zero-order chi connectivity index (χ0) is 15.8. The molecule has 0 fully saturated rings. The topological polar surface area (TPSA) is 182 Å². The van der Waals surface area contributed by atoms with E-state index in [0.717, 1.165) is 0 Å². The van der Waals surface area contributed by atoms with Crippen molar-refractivity contribution >= 4 is 27.9 Å². The number of hydrogen-bond donors (Lipinski definition) is 5. The molecule has 0 heterocycles. The summed E-state index contributed by atoms with van der Waals surface area (Å²) in [5.74, 6) is -2.27. The van der Waals surface area contributed by atoms with Gasteiger partial charge in [0, 0.05) is 13.0 Å². The van der Waals surface area contributed by atoms with Gasteiger partial charge in [-0.25, -0.2) is 23.1 Å². The number of aliphatic carboxylic acids is 1. The Kier molecular flexibility index (Phi) is 7.54. The Bertz CT molecular complexity index is 463. The number of hydrogen-bond acceptors (Lipinski definition) is 5. The molecule has 3 amide bonds. The van der Waals surface area contributed by atoms with Gasteiger partial charge in [0.15, 0.2) is 0 Å². The number of sulfonamides is 1. The molecule has 10 nitrogen and oxygen atoms in total. The maximum absolute atomic E-state index is 11.3. The number of rotatable bonds is 9. The van der Waals surface area contributed by atoms with Gasteiger partial charge in [-0.15, -0.1) is 0 Å². The van der Waals surface area contributed by atoms with Crippen LogP contribution < -0.4 is 21.5 Å². The number of urea groups is 1. The van der Waals surface area contributed by atoms with Crippen molar-refractivity contribution in [3.8, 4) is 0 Å². The van der Waals surface area contributed by atoms with Crippen molar-refractivity contribution in [1.29, 1.82) is 0 Å². The standard InChI is InChI=1S/C9H18N4O6S/c10-7(14)3-2-6(8(15)16)13-9(17)12-4-1-5-20(11,18)19/h6H,1-5H2,(H2,10,14)(H,15,16)(H2,11,18,19)(H2,12,13,17). The van der Waals surface area contributed by atoms with E-state index in [-0.39, 0.29) is 31.6 Å². The van der Waals surface area contributed by atoms with E-state index in [2.05, 4.69) is 10.6 Å². The summed E-state index contributed by atoms with van der Waals surface area (Å²) >= 11 is 0. The van der Waals surface area contributed by atoms with Gasteiger partial charge in [0.25, 0.3) is 0 Å². The first-order valence-corrected chi connectivity index (χ1v) is 7.39. The first kappa shape index (κ1) is 18.1. The van der Waals surface area contributed by atoms with Crippen LogP contribution in [0.3, 0.4) is 0 Å². The summed E-state index contributed by atoms with van der Waals surface area (Å²) in [6.45, 7) is 0.0183. The molecule has 0 aliphatic carbocycles. The average molecular weight is 310 g/mol. The molecule has 0 saturated heterocycles. The summed E-state index contributed by atoms with van der Waals surface area (Å²) in [4.78, 5) is 32.7. The quantitative estimate of drug-likeness (QED) is 0.298. The van der Waals surface area contributed by atoms with Gasteiger partial charge in [-0.05, 0) is 12.8 Å². The van der Waals surface area contributed by atoms with Crippen LogP contribution in [-0.2, 0) is 19.6 Å². The Labute approximate surface area is 115 Å². The van der Waals surface area contributed by atoms with Crippen molar-refractivity contribution in [3.05, 3.63) is 0 Å². The Morgan fingerprint density at radius 3 is 2.30 bits per heavy atom. The lowest BCUT2D eigenvalue weighted by Gasteiger charge is -2.14. The van der Waals surface area contributed by atoms with Crippen molar-refractivity contribution in [2.24, 2.45) is 10.9 Å². The lowest BCUT2D eigenvalue weighted by molar-refractivity contribution is -0.139. The number of carboxylic acid groups (broad SMARTS) is 1. The predicted octanol–water partition coefficient (Wildman–Crippen LogP) is -2.32. The normalized spacial score (nSPS) is 12.4. The second kappa shape index (κ2) is 8.32. The molecule has 1 unspecified atom stereocenters. The van der Waals surface area contributed by atoms with Gasteiger partial charge < -0.3 is 21.5 Å². The molecule has 0 bridgehead atoms. The third kappa shape index (κ3) is 10.1. The minimum Gasteiger partial charge on any atom is -0.480 e. The van der Waals surface area contributed by atoms with Gasteiger partial charge in [-0.3, -0.25) is 4.79 Å². The molecular weight excluding hydrogens is 292 g/mol. The van der Waals surface area contributed by atoms with E-state index in [1.165, 1.54) is 0 Å². The molecular formula is C9H18N4O6S. The van der Waals surface area contributed by atoms with Crippen LogP contribution in [0.4, 0.5) is 4.79 Å². The number of amides is 3. The number of primary amides is 1. The highest BCUT2D eigenvalue weighted by atomic mass is 32.2. The number of carbonyl (C=O) groups excluding carboxylic acids is 2. The Morgan fingerprint density at radius 1 is 1.25 bits per heavy atom. The SMILES string of the molecule is NC(=O)CCC(NC(=O)NCCCS(N)(=O)=O)C(=O)O. The Hall–Kier alpha value is -1.88. The summed E-state index contributed by atoms with van der Waals surface area (Å²) in [6.07, 6.45) is -0.205. The van der Waals surface area contributed by atoms with E-state index in [9.17, 15) is 22.8 Å². The summed E-state index contributed by atoms with van der Waals surface area (Å²) in [6, 6.07) is -2.03. The molecule has 0 aliphatic rings. The van der Waals surface area contributed by atoms with Gasteiger partial charge in [-0.2, -0.15) is 0 Å². The van der Waals surface area contributed by atoms with E-state index >= 15 is 0 Å². The molecule has 11 heteroatoms. The molecule has 7 N–H and O–H groups in total. The van der Waals surface area contributed by atoms with Crippen LogP contribution in [0.25, 0.3) is 0 Å². The van der Waals surface area contributed by atoms with Gasteiger partial charge in [0.2, 0.25) is 15.9 Å².